The van der Waals surface area contributed by atoms with Crippen molar-refractivity contribution < 1.29 is 4.79 Å². The molecule has 0 aromatic heterocycles. The summed E-state index contributed by atoms with van der Waals surface area (Å²) >= 11 is 7.45. The molecule has 1 aliphatic heterocycles. The number of fused-ring (bicyclic) bond motifs is 1. The molecular weight excluding hydrogens is 242 g/mol. The lowest BCUT2D eigenvalue weighted by atomic mass is 10.2. The number of hydrogen-bond acceptors (Lipinski definition) is 2. The molecule has 4 heteroatoms. The number of anilines is 1. The van der Waals surface area contributed by atoms with Gasteiger partial charge in [-0.05, 0) is 24.6 Å². The first-order chi connectivity index (χ1) is 7.61. The van der Waals surface area contributed by atoms with Gasteiger partial charge in [0.15, 0.2) is 0 Å². The van der Waals surface area contributed by atoms with Crippen LogP contribution in [-0.2, 0) is 4.79 Å². The van der Waals surface area contributed by atoms with Crippen LogP contribution in [-0.4, -0.2) is 23.6 Å². The van der Waals surface area contributed by atoms with Gasteiger partial charge in [0, 0.05) is 16.7 Å². The summed E-state index contributed by atoms with van der Waals surface area (Å²) in [5, 5.41) is 0.418. The molecule has 1 aromatic rings. The number of benzene rings is 1. The number of hydrogen-bond donors (Lipinski definition) is 0. The van der Waals surface area contributed by atoms with Crippen molar-refractivity contribution in [3.8, 4) is 0 Å². The predicted octanol–water partition coefficient (Wildman–Crippen LogP) is 3.06. The van der Waals surface area contributed by atoms with Crippen LogP contribution in [0, 0.1) is 6.92 Å². The molecule has 0 radical (unpaired) electrons. The van der Waals surface area contributed by atoms with E-state index in [1.165, 1.54) is 10.5 Å². The van der Waals surface area contributed by atoms with Gasteiger partial charge in [-0.25, -0.2) is 0 Å². The van der Waals surface area contributed by atoms with Crippen molar-refractivity contribution in [2.24, 2.45) is 0 Å². The molecule has 0 spiro atoms. The van der Waals surface area contributed by atoms with E-state index in [1.807, 2.05) is 23.9 Å². The van der Waals surface area contributed by atoms with E-state index in [0.29, 0.717) is 5.25 Å². The lowest BCUT2D eigenvalue weighted by molar-refractivity contribution is -0.116. The van der Waals surface area contributed by atoms with Crippen LogP contribution in [0.4, 0.5) is 5.69 Å². The van der Waals surface area contributed by atoms with Crippen molar-refractivity contribution in [1.82, 2.24) is 0 Å². The van der Waals surface area contributed by atoms with Gasteiger partial charge >= 0.3 is 0 Å². The summed E-state index contributed by atoms with van der Waals surface area (Å²) < 4.78 is 0. The van der Waals surface area contributed by atoms with Gasteiger partial charge in [-0.2, -0.15) is 0 Å². The summed E-state index contributed by atoms with van der Waals surface area (Å²) in [6.07, 6.45) is 0. The second kappa shape index (κ2) is 4.68. The first-order valence-electron chi connectivity index (χ1n) is 5.25. The maximum Gasteiger partial charge on any atom is 0.241 e. The molecule has 0 aliphatic carbocycles. The topological polar surface area (TPSA) is 20.3 Å². The summed E-state index contributed by atoms with van der Waals surface area (Å²) in [6, 6.07) is 6.17. The zero-order valence-electron chi connectivity index (χ0n) is 9.37. The van der Waals surface area contributed by atoms with Crippen molar-refractivity contribution in [1.29, 1.82) is 0 Å². The quantitative estimate of drug-likeness (QED) is 0.719. The Hall–Kier alpha value is -0.670. The molecule has 0 N–H and O–H groups in total. The van der Waals surface area contributed by atoms with Crippen molar-refractivity contribution in [2.45, 2.75) is 24.0 Å². The van der Waals surface area contributed by atoms with Crippen LogP contribution in [0.2, 0.25) is 0 Å². The zero-order chi connectivity index (χ0) is 11.7. The largest absolute Gasteiger partial charge is 0.309 e. The predicted molar refractivity (Wildman–Crippen MR) is 69.6 cm³/mol. The minimum atomic E-state index is -0.0149. The van der Waals surface area contributed by atoms with Crippen LogP contribution >= 0.6 is 23.4 Å². The van der Waals surface area contributed by atoms with E-state index in [1.54, 1.807) is 4.90 Å². The Balaban J connectivity index is 2.41. The van der Waals surface area contributed by atoms with E-state index in [-0.39, 0.29) is 11.8 Å². The SMILES string of the molecule is Cc1ccc2c(c1)SC(C)CN2C(=O)CCl. The molecule has 1 heterocycles. The molecule has 0 saturated carbocycles. The number of carbonyl (C=O) groups is 1. The molecule has 0 saturated heterocycles. The fourth-order valence-electron chi connectivity index (χ4n) is 1.86. The molecule has 0 fully saturated rings. The van der Waals surface area contributed by atoms with Crippen LogP contribution < -0.4 is 4.90 Å². The van der Waals surface area contributed by atoms with Crippen LogP contribution in [0.3, 0.4) is 0 Å². The minimum Gasteiger partial charge on any atom is -0.309 e. The lowest BCUT2D eigenvalue weighted by Crippen LogP contribution is -2.39. The van der Waals surface area contributed by atoms with Gasteiger partial charge in [-0.1, -0.05) is 13.0 Å². The first-order valence-corrected chi connectivity index (χ1v) is 6.67. The third-order valence-corrected chi connectivity index (χ3v) is 3.95. The van der Waals surface area contributed by atoms with Gasteiger partial charge in [-0.15, -0.1) is 23.4 Å². The van der Waals surface area contributed by atoms with Crippen molar-refractivity contribution >= 4 is 35.0 Å². The standard InChI is InChI=1S/C12H14ClNOS/c1-8-3-4-10-11(5-8)16-9(2)7-14(10)12(15)6-13/h3-5,9H,6-7H2,1-2H3. The highest BCUT2D eigenvalue weighted by atomic mass is 35.5. The van der Waals surface area contributed by atoms with Crippen LogP contribution in [0.1, 0.15) is 12.5 Å². The van der Waals surface area contributed by atoms with Crippen LogP contribution in [0.15, 0.2) is 23.1 Å². The fraction of sp³-hybridized carbons (Fsp3) is 0.417. The van der Waals surface area contributed by atoms with E-state index in [0.717, 1.165) is 12.2 Å². The van der Waals surface area contributed by atoms with Gasteiger partial charge in [0.2, 0.25) is 5.91 Å². The Morgan fingerprint density at radius 3 is 3.06 bits per heavy atom. The second-order valence-corrected chi connectivity index (χ2v) is 5.79. The third-order valence-electron chi connectivity index (χ3n) is 2.59. The molecule has 2 rings (SSSR count). The maximum atomic E-state index is 11.7. The monoisotopic (exact) mass is 255 g/mol. The zero-order valence-corrected chi connectivity index (χ0v) is 10.9. The molecule has 1 aliphatic rings. The number of aryl methyl sites for hydroxylation is 1. The Morgan fingerprint density at radius 2 is 2.38 bits per heavy atom. The lowest BCUT2D eigenvalue weighted by Gasteiger charge is -2.32. The summed E-state index contributed by atoms with van der Waals surface area (Å²) in [6.45, 7) is 4.94. The molecular formula is C12H14ClNOS. The Morgan fingerprint density at radius 1 is 1.62 bits per heavy atom. The summed E-state index contributed by atoms with van der Waals surface area (Å²) in [4.78, 5) is 14.7. The minimum absolute atomic E-state index is 0.0149. The highest BCUT2D eigenvalue weighted by Crippen LogP contribution is 2.38. The van der Waals surface area contributed by atoms with E-state index in [9.17, 15) is 4.79 Å². The van der Waals surface area contributed by atoms with E-state index in [2.05, 4.69) is 19.9 Å². The summed E-state index contributed by atoms with van der Waals surface area (Å²) in [5.41, 5.74) is 2.22. The fourth-order valence-corrected chi connectivity index (χ4v) is 3.21. The molecule has 1 atom stereocenters. The van der Waals surface area contributed by atoms with Crippen LogP contribution in [0.25, 0.3) is 0 Å². The normalized spacial score (nSPS) is 19.4. The number of thioether (sulfide) groups is 1. The molecule has 1 aromatic carbocycles. The Kier molecular flexibility index (Phi) is 3.45. The number of nitrogens with zero attached hydrogens (tertiary/aromatic N) is 1. The van der Waals surface area contributed by atoms with Gasteiger partial charge in [-0.3, -0.25) is 4.79 Å². The summed E-state index contributed by atoms with van der Waals surface area (Å²) in [7, 11) is 0. The van der Waals surface area contributed by atoms with Gasteiger partial charge < -0.3 is 4.90 Å². The van der Waals surface area contributed by atoms with E-state index in [4.69, 9.17) is 11.6 Å². The average molecular weight is 256 g/mol. The summed E-state index contributed by atoms with van der Waals surface area (Å²) in [5.74, 6) is 0.0314. The number of amides is 1. The molecule has 1 amide bonds. The van der Waals surface area contributed by atoms with E-state index >= 15 is 0 Å². The number of halogens is 1. The van der Waals surface area contributed by atoms with E-state index < -0.39 is 0 Å². The van der Waals surface area contributed by atoms with Gasteiger partial charge in [0.1, 0.15) is 5.88 Å². The smallest absolute Gasteiger partial charge is 0.241 e. The van der Waals surface area contributed by atoms with Crippen LogP contribution in [0.5, 0.6) is 0 Å². The molecule has 0 bridgehead atoms. The maximum absolute atomic E-state index is 11.7. The number of carbonyl (C=O) groups excluding carboxylic acids is 1. The van der Waals surface area contributed by atoms with Crippen molar-refractivity contribution in [2.75, 3.05) is 17.3 Å². The Labute approximate surface area is 105 Å². The van der Waals surface area contributed by atoms with Gasteiger partial charge in [0.05, 0.1) is 5.69 Å². The molecule has 2 nitrogen and oxygen atoms in total. The molecule has 1 unspecified atom stereocenters. The highest BCUT2D eigenvalue weighted by molar-refractivity contribution is 8.00. The average Bonchev–Trinajstić information content (AvgIpc) is 2.26. The number of rotatable bonds is 1. The molecule has 86 valence electrons. The highest BCUT2D eigenvalue weighted by Gasteiger charge is 2.26. The van der Waals surface area contributed by atoms with Crippen molar-refractivity contribution in [3.05, 3.63) is 23.8 Å². The number of alkyl halides is 1. The van der Waals surface area contributed by atoms with Crippen molar-refractivity contribution in [3.63, 3.8) is 0 Å². The Bertz CT molecular complexity index is 421. The van der Waals surface area contributed by atoms with Gasteiger partial charge in [0.25, 0.3) is 0 Å². The molecule has 16 heavy (non-hydrogen) atoms. The third kappa shape index (κ3) is 2.20. The second-order valence-electron chi connectivity index (χ2n) is 4.04. The first kappa shape index (κ1) is 11.8.